The first-order valence-electron chi connectivity index (χ1n) is 5.47. The highest BCUT2D eigenvalue weighted by molar-refractivity contribution is 6.30. The summed E-state index contributed by atoms with van der Waals surface area (Å²) in [6, 6.07) is 5.35. The molecule has 1 aromatic carbocycles. The lowest BCUT2D eigenvalue weighted by molar-refractivity contribution is 0.101. The molecule has 98 valence electrons. The normalized spacial score (nSPS) is 10.5. The number of Topliss-reactive ketones (excluding diaryl/α,β-unsaturated/α-hetero) is 1. The van der Waals surface area contributed by atoms with Crippen molar-refractivity contribution in [2.45, 2.75) is 13.8 Å². The van der Waals surface area contributed by atoms with Crippen LogP contribution in [0.4, 0.5) is 4.39 Å². The van der Waals surface area contributed by atoms with Crippen molar-refractivity contribution in [2.75, 3.05) is 0 Å². The van der Waals surface area contributed by atoms with Crippen LogP contribution in [0.5, 0.6) is 0 Å². The third-order valence-corrected chi connectivity index (χ3v) is 2.88. The molecular formula is C13H10ClFN2O2. The first-order valence-corrected chi connectivity index (χ1v) is 5.85. The SMILES string of the molecule is CC(=O)c1nn(-c2ccc(F)c(Cl)c2)c(C)cc1=O. The van der Waals surface area contributed by atoms with Gasteiger partial charge in [-0.3, -0.25) is 9.59 Å². The van der Waals surface area contributed by atoms with Gasteiger partial charge < -0.3 is 0 Å². The van der Waals surface area contributed by atoms with Gasteiger partial charge in [0.05, 0.1) is 10.7 Å². The maximum Gasteiger partial charge on any atom is 0.211 e. The van der Waals surface area contributed by atoms with Crippen molar-refractivity contribution in [3.8, 4) is 5.69 Å². The molecule has 0 atom stereocenters. The molecule has 0 aliphatic rings. The fourth-order valence-electron chi connectivity index (χ4n) is 1.67. The maximum absolute atomic E-state index is 13.1. The molecule has 4 nitrogen and oxygen atoms in total. The van der Waals surface area contributed by atoms with Crippen LogP contribution in [0.15, 0.2) is 29.1 Å². The summed E-state index contributed by atoms with van der Waals surface area (Å²) in [6.07, 6.45) is 0. The molecule has 2 aromatic rings. The zero-order valence-corrected chi connectivity index (χ0v) is 11.0. The Hall–Kier alpha value is -2.01. The van der Waals surface area contributed by atoms with E-state index in [-0.39, 0.29) is 10.7 Å². The summed E-state index contributed by atoms with van der Waals surface area (Å²) < 4.78 is 14.5. The van der Waals surface area contributed by atoms with Crippen LogP contribution in [0, 0.1) is 12.7 Å². The topological polar surface area (TPSA) is 52.0 Å². The largest absolute Gasteiger partial charge is 0.293 e. The second kappa shape index (κ2) is 4.93. The molecule has 0 aliphatic carbocycles. The summed E-state index contributed by atoms with van der Waals surface area (Å²) in [4.78, 5) is 22.9. The summed E-state index contributed by atoms with van der Waals surface area (Å²) >= 11 is 5.70. The lowest BCUT2D eigenvalue weighted by atomic mass is 10.2. The van der Waals surface area contributed by atoms with Gasteiger partial charge in [0.1, 0.15) is 5.82 Å². The number of rotatable bonds is 2. The van der Waals surface area contributed by atoms with Gasteiger partial charge in [-0.25, -0.2) is 9.07 Å². The van der Waals surface area contributed by atoms with Gasteiger partial charge in [-0.1, -0.05) is 11.6 Å². The Kier molecular flexibility index (Phi) is 3.48. The lowest BCUT2D eigenvalue weighted by Crippen LogP contribution is -2.21. The average molecular weight is 281 g/mol. The summed E-state index contributed by atoms with van der Waals surface area (Å²) in [5, 5.41) is 3.93. The Labute approximate surface area is 113 Å². The molecule has 0 amide bonds. The summed E-state index contributed by atoms with van der Waals surface area (Å²) in [6.45, 7) is 2.93. The van der Waals surface area contributed by atoms with Gasteiger partial charge in [0.15, 0.2) is 11.5 Å². The Morgan fingerprint density at radius 1 is 1.37 bits per heavy atom. The van der Waals surface area contributed by atoms with E-state index < -0.39 is 17.0 Å². The van der Waals surface area contributed by atoms with Crippen molar-refractivity contribution in [1.82, 2.24) is 9.78 Å². The smallest absolute Gasteiger partial charge is 0.211 e. The van der Waals surface area contributed by atoms with Crippen LogP contribution >= 0.6 is 11.6 Å². The number of ketones is 1. The Balaban J connectivity index is 2.68. The molecule has 0 N–H and O–H groups in total. The number of aryl methyl sites for hydroxylation is 1. The van der Waals surface area contributed by atoms with E-state index >= 15 is 0 Å². The van der Waals surface area contributed by atoms with Gasteiger partial charge in [0, 0.05) is 18.7 Å². The highest BCUT2D eigenvalue weighted by atomic mass is 35.5. The number of hydrogen-bond acceptors (Lipinski definition) is 3. The van der Waals surface area contributed by atoms with Crippen molar-refractivity contribution in [1.29, 1.82) is 0 Å². The minimum atomic E-state index is -0.545. The molecule has 19 heavy (non-hydrogen) atoms. The van der Waals surface area contributed by atoms with Gasteiger partial charge in [-0.05, 0) is 25.1 Å². The zero-order valence-electron chi connectivity index (χ0n) is 10.3. The van der Waals surface area contributed by atoms with Crippen molar-refractivity contribution >= 4 is 17.4 Å². The van der Waals surface area contributed by atoms with Crippen LogP contribution < -0.4 is 5.43 Å². The molecule has 0 bridgehead atoms. The van der Waals surface area contributed by atoms with Gasteiger partial charge in [0.25, 0.3) is 0 Å². The van der Waals surface area contributed by atoms with Crippen LogP contribution in [0.1, 0.15) is 23.1 Å². The quantitative estimate of drug-likeness (QED) is 0.794. The fraction of sp³-hybridized carbons (Fsp3) is 0.154. The first kappa shape index (κ1) is 13.4. The van der Waals surface area contributed by atoms with Gasteiger partial charge in [-0.15, -0.1) is 0 Å². The highest BCUT2D eigenvalue weighted by Crippen LogP contribution is 2.19. The molecule has 0 radical (unpaired) electrons. The van der Waals surface area contributed by atoms with Crippen LogP contribution in [0.25, 0.3) is 5.69 Å². The minimum Gasteiger partial charge on any atom is -0.293 e. The average Bonchev–Trinajstić information content (AvgIpc) is 2.32. The van der Waals surface area contributed by atoms with E-state index in [2.05, 4.69) is 5.10 Å². The molecule has 0 saturated heterocycles. The fourth-order valence-corrected chi connectivity index (χ4v) is 1.84. The first-order chi connectivity index (χ1) is 8.90. The highest BCUT2D eigenvalue weighted by Gasteiger charge is 2.12. The number of aromatic nitrogens is 2. The molecule has 0 saturated carbocycles. The van der Waals surface area contributed by atoms with E-state index in [4.69, 9.17) is 11.6 Å². The van der Waals surface area contributed by atoms with Crippen molar-refractivity contribution < 1.29 is 9.18 Å². The zero-order chi connectivity index (χ0) is 14.2. The molecule has 0 aliphatic heterocycles. The van der Waals surface area contributed by atoms with E-state index in [1.165, 1.54) is 35.9 Å². The number of halogens is 2. The van der Waals surface area contributed by atoms with Gasteiger partial charge in [-0.2, -0.15) is 5.10 Å². The Morgan fingerprint density at radius 3 is 2.63 bits per heavy atom. The van der Waals surface area contributed by atoms with Crippen LogP contribution in [-0.2, 0) is 0 Å². The molecule has 1 heterocycles. The summed E-state index contributed by atoms with van der Waals surface area (Å²) in [7, 11) is 0. The van der Waals surface area contributed by atoms with Crippen molar-refractivity contribution in [2.24, 2.45) is 0 Å². The molecule has 0 fully saturated rings. The monoisotopic (exact) mass is 280 g/mol. The van der Waals surface area contributed by atoms with E-state index in [9.17, 15) is 14.0 Å². The number of hydrogen-bond donors (Lipinski definition) is 0. The van der Waals surface area contributed by atoms with Gasteiger partial charge >= 0.3 is 0 Å². The second-order valence-corrected chi connectivity index (χ2v) is 4.47. The predicted molar refractivity (Wildman–Crippen MR) is 69.5 cm³/mol. The van der Waals surface area contributed by atoms with Crippen molar-refractivity contribution in [3.05, 3.63) is 56.7 Å². The minimum absolute atomic E-state index is 0.0539. The van der Waals surface area contributed by atoms with E-state index in [0.717, 1.165) is 0 Å². The summed E-state index contributed by atoms with van der Waals surface area (Å²) in [5.41, 5.74) is 0.407. The van der Waals surface area contributed by atoms with E-state index in [1.807, 2.05) is 0 Å². The van der Waals surface area contributed by atoms with Crippen LogP contribution in [-0.4, -0.2) is 15.6 Å². The molecule has 6 heteroatoms. The molecule has 0 spiro atoms. The third-order valence-electron chi connectivity index (χ3n) is 2.59. The third kappa shape index (κ3) is 2.56. The van der Waals surface area contributed by atoms with Crippen molar-refractivity contribution in [3.63, 3.8) is 0 Å². The Bertz CT molecular complexity index is 725. The molecule has 1 aromatic heterocycles. The number of carbonyl (C=O) groups excluding carboxylic acids is 1. The molecule has 0 unspecified atom stereocenters. The van der Waals surface area contributed by atoms with E-state index in [0.29, 0.717) is 11.4 Å². The number of carbonyl (C=O) groups is 1. The maximum atomic E-state index is 13.1. The van der Waals surface area contributed by atoms with Crippen LogP contribution in [0.2, 0.25) is 5.02 Å². The second-order valence-electron chi connectivity index (χ2n) is 4.06. The summed E-state index contributed by atoms with van der Waals surface area (Å²) in [5.74, 6) is -0.970. The lowest BCUT2D eigenvalue weighted by Gasteiger charge is -2.10. The number of nitrogens with zero attached hydrogens (tertiary/aromatic N) is 2. The molecule has 2 rings (SSSR count). The van der Waals surface area contributed by atoms with Gasteiger partial charge in [0.2, 0.25) is 5.43 Å². The predicted octanol–water partition coefficient (Wildman–Crippen LogP) is 2.54. The van der Waals surface area contributed by atoms with Crippen LogP contribution in [0.3, 0.4) is 0 Å². The number of benzene rings is 1. The van der Waals surface area contributed by atoms with E-state index in [1.54, 1.807) is 6.92 Å². The Morgan fingerprint density at radius 2 is 2.05 bits per heavy atom. The molecular weight excluding hydrogens is 271 g/mol. The standard InChI is InChI=1S/C13H10ClFN2O2/c1-7-5-12(19)13(8(2)18)16-17(7)9-3-4-11(15)10(14)6-9/h3-6H,1-2H3.